The van der Waals surface area contributed by atoms with E-state index in [0.717, 1.165) is 21.2 Å². The number of carbonyl (C=O) groups is 1. The Morgan fingerprint density at radius 3 is 2.32 bits per heavy atom. The Hall–Kier alpha value is -2.80. The molecule has 3 aromatic rings. The van der Waals surface area contributed by atoms with Crippen LogP contribution in [-0.2, 0) is 16.4 Å². The fourth-order valence-electron chi connectivity index (χ4n) is 3.52. The molecule has 0 radical (unpaired) electrons. The van der Waals surface area contributed by atoms with Crippen molar-refractivity contribution >= 4 is 15.8 Å². The Morgan fingerprint density at radius 2 is 1.64 bits per heavy atom. The third-order valence-corrected chi connectivity index (χ3v) is 6.92. The highest BCUT2D eigenvalue weighted by Gasteiger charge is 2.33. The molecule has 1 aromatic heterocycles. The summed E-state index contributed by atoms with van der Waals surface area (Å²) in [5, 5.41) is 0. The van der Waals surface area contributed by atoms with Gasteiger partial charge in [-0.25, -0.2) is 21.2 Å². The highest BCUT2D eigenvalue weighted by molar-refractivity contribution is 7.90. The summed E-state index contributed by atoms with van der Waals surface area (Å²) >= 11 is 0. The first-order valence-corrected chi connectivity index (χ1v) is 10.2. The number of nitrogens with zero attached hydrogens (tertiary/aromatic N) is 1. The van der Waals surface area contributed by atoms with Gasteiger partial charge in [-0.2, -0.15) is 0 Å². The molecule has 0 unspecified atom stereocenters. The molecule has 0 bridgehead atoms. The van der Waals surface area contributed by atoms with Gasteiger partial charge in [-0.3, -0.25) is 4.79 Å². The molecule has 0 fully saturated rings. The molecule has 144 valence electrons. The molecule has 0 spiro atoms. The predicted molar refractivity (Wildman–Crippen MR) is 101 cm³/mol. The highest BCUT2D eigenvalue weighted by Crippen LogP contribution is 2.36. The maximum Gasteiger partial charge on any atom is 0.268 e. The number of hydrogen-bond acceptors (Lipinski definition) is 3. The van der Waals surface area contributed by atoms with Crippen molar-refractivity contribution in [3.8, 4) is 11.3 Å². The number of halogens is 2. The van der Waals surface area contributed by atoms with Crippen LogP contribution in [0.15, 0.2) is 47.4 Å². The average Bonchev–Trinajstić information content (AvgIpc) is 3.17. The van der Waals surface area contributed by atoms with E-state index in [1.54, 1.807) is 19.1 Å². The number of Topliss-reactive ketones (excluding diaryl/α,β-unsaturated/α-hetero) is 1. The molecule has 7 heteroatoms. The Balaban J connectivity index is 2.02. The van der Waals surface area contributed by atoms with Crippen LogP contribution in [-0.4, -0.2) is 18.2 Å². The standard InChI is InChI=1S/C21H17F2NO3S/c1-12-3-5-15(9-13(12)2)28(26,27)24-19-7-8-21(25)17(19)11-20(24)16-6-4-14(22)10-18(16)23/h3-6,9-11H,7-8H2,1-2H3. The molecule has 4 nitrogen and oxygen atoms in total. The van der Waals surface area contributed by atoms with Gasteiger partial charge in [0.05, 0.1) is 10.6 Å². The number of ketones is 1. The molecule has 0 saturated carbocycles. The number of carbonyl (C=O) groups excluding carboxylic acids is 1. The lowest BCUT2D eigenvalue weighted by Crippen LogP contribution is -2.17. The minimum Gasteiger partial charge on any atom is -0.294 e. The number of hydrogen-bond donors (Lipinski definition) is 0. The van der Waals surface area contributed by atoms with Gasteiger partial charge in [0.2, 0.25) is 0 Å². The van der Waals surface area contributed by atoms with E-state index in [4.69, 9.17) is 0 Å². The summed E-state index contributed by atoms with van der Waals surface area (Å²) in [7, 11) is -4.09. The fraction of sp³-hybridized carbons (Fsp3) is 0.190. The van der Waals surface area contributed by atoms with E-state index in [0.29, 0.717) is 11.8 Å². The summed E-state index contributed by atoms with van der Waals surface area (Å²) in [6, 6.07) is 9.08. The Kier molecular flexibility index (Phi) is 4.23. The lowest BCUT2D eigenvalue weighted by molar-refractivity contribution is 0.0994. The zero-order valence-electron chi connectivity index (χ0n) is 15.3. The van der Waals surface area contributed by atoms with E-state index < -0.39 is 21.7 Å². The molecule has 0 saturated heterocycles. The predicted octanol–water partition coefficient (Wildman–Crippen LogP) is 4.42. The van der Waals surface area contributed by atoms with Gasteiger partial charge in [0.25, 0.3) is 10.0 Å². The monoisotopic (exact) mass is 401 g/mol. The quantitative estimate of drug-likeness (QED) is 0.653. The van der Waals surface area contributed by atoms with Crippen LogP contribution in [0.1, 0.15) is 33.6 Å². The number of benzene rings is 2. The second kappa shape index (κ2) is 6.38. The molecule has 1 aliphatic rings. The van der Waals surface area contributed by atoms with Crippen LogP contribution in [0.25, 0.3) is 11.3 Å². The van der Waals surface area contributed by atoms with Crippen LogP contribution < -0.4 is 0 Å². The number of aromatic nitrogens is 1. The summed E-state index contributed by atoms with van der Waals surface area (Å²) in [6.45, 7) is 3.68. The van der Waals surface area contributed by atoms with Crippen LogP contribution in [0.3, 0.4) is 0 Å². The SMILES string of the molecule is Cc1ccc(S(=O)(=O)n2c(-c3ccc(F)cc3F)cc3c2CCC3=O)cc1C. The lowest BCUT2D eigenvalue weighted by Gasteiger charge is -2.15. The summed E-state index contributed by atoms with van der Waals surface area (Å²) in [4.78, 5) is 12.3. The van der Waals surface area contributed by atoms with E-state index in [1.165, 1.54) is 18.2 Å². The van der Waals surface area contributed by atoms with Crippen molar-refractivity contribution in [2.45, 2.75) is 31.6 Å². The summed E-state index contributed by atoms with van der Waals surface area (Å²) in [5.41, 5.74) is 2.30. The first-order valence-electron chi connectivity index (χ1n) is 8.76. The fourth-order valence-corrected chi connectivity index (χ4v) is 5.18. The summed E-state index contributed by atoms with van der Waals surface area (Å²) in [5.74, 6) is -1.84. The highest BCUT2D eigenvalue weighted by atomic mass is 32.2. The lowest BCUT2D eigenvalue weighted by atomic mass is 10.1. The molecule has 0 aliphatic heterocycles. The molecule has 2 aromatic carbocycles. The summed E-state index contributed by atoms with van der Waals surface area (Å²) in [6.07, 6.45) is 0.459. The van der Waals surface area contributed by atoms with Gasteiger partial charge in [0.15, 0.2) is 5.78 Å². The van der Waals surface area contributed by atoms with Gasteiger partial charge in [0, 0.05) is 29.3 Å². The topological polar surface area (TPSA) is 56.1 Å². The molecule has 28 heavy (non-hydrogen) atoms. The van der Waals surface area contributed by atoms with E-state index >= 15 is 0 Å². The van der Waals surface area contributed by atoms with E-state index in [-0.39, 0.29) is 40.3 Å². The second-order valence-corrected chi connectivity index (χ2v) is 8.74. The van der Waals surface area contributed by atoms with Crippen LogP contribution >= 0.6 is 0 Å². The molecular formula is C21H17F2NO3S. The Labute approximate surface area is 161 Å². The van der Waals surface area contributed by atoms with Crippen LogP contribution in [0.5, 0.6) is 0 Å². The molecule has 1 aliphatic carbocycles. The number of fused-ring (bicyclic) bond motifs is 1. The Morgan fingerprint density at radius 1 is 0.893 bits per heavy atom. The van der Waals surface area contributed by atoms with Gasteiger partial charge in [0.1, 0.15) is 11.6 Å². The van der Waals surface area contributed by atoms with Crippen molar-refractivity contribution in [2.24, 2.45) is 0 Å². The molecule has 0 atom stereocenters. The van der Waals surface area contributed by atoms with Crippen molar-refractivity contribution in [1.29, 1.82) is 0 Å². The minimum atomic E-state index is -4.09. The average molecular weight is 401 g/mol. The second-order valence-electron chi connectivity index (χ2n) is 6.95. The van der Waals surface area contributed by atoms with Gasteiger partial charge < -0.3 is 0 Å². The van der Waals surface area contributed by atoms with Gasteiger partial charge >= 0.3 is 0 Å². The smallest absolute Gasteiger partial charge is 0.268 e. The van der Waals surface area contributed by atoms with Crippen LogP contribution in [0.2, 0.25) is 0 Å². The molecule has 4 rings (SSSR count). The first-order chi connectivity index (χ1) is 13.2. The summed E-state index contributed by atoms with van der Waals surface area (Å²) < 4.78 is 55.7. The zero-order chi connectivity index (χ0) is 20.2. The van der Waals surface area contributed by atoms with E-state index in [2.05, 4.69) is 0 Å². The third-order valence-electron chi connectivity index (χ3n) is 5.17. The van der Waals surface area contributed by atoms with E-state index in [1.807, 2.05) is 6.92 Å². The largest absolute Gasteiger partial charge is 0.294 e. The molecule has 1 heterocycles. The van der Waals surface area contributed by atoms with Crippen molar-refractivity contribution in [1.82, 2.24) is 3.97 Å². The molecule has 0 amide bonds. The van der Waals surface area contributed by atoms with Gasteiger partial charge in [-0.05, 0) is 61.7 Å². The normalized spacial score (nSPS) is 13.8. The van der Waals surface area contributed by atoms with Crippen molar-refractivity contribution in [2.75, 3.05) is 0 Å². The maximum atomic E-state index is 14.5. The van der Waals surface area contributed by atoms with Gasteiger partial charge in [-0.1, -0.05) is 6.07 Å². The van der Waals surface area contributed by atoms with Crippen molar-refractivity contribution < 1.29 is 22.0 Å². The van der Waals surface area contributed by atoms with Crippen LogP contribution in [0, 0.1) is 25.5 Å². The van der Waals surface area contributed by atoms with Crippen molar-refractivity contribution in [3.63, 3.8) is 0 Å². The maximum absolute atomic E-state index is 14.5. The van der Waals surface area contributed by atoms with Gasteiger partial charge in [-0.15, -0.1) is 0 Å². The number of rotatable bonds is 3. The third kappa shape index (κ3) is 2.77. The Bertz CT molecular complexity index is 1240. The minimum absolute atomic E-state index is 0.0220. The molecular weight excluding hydrogens is 384 g/mol. The van der Waals surface area contributed by atoms with Crippen LogP contribution in [0.4, 0.5) is 8.78 Å². The van der Waals surface area contributed by atoms with E-state index in [9.17, 15) is 22.0 Å². The number of aryl methyl sites for hydroxylation is 2. The first kappa shape index (κ1) is 18.6. The zero-order valence-corrected chi connectivity index (χ0v) is 16.1. The van der Waals surface area contributed by atoms with Crippen molar-refractivity contribution in [3.05, 3.63) is 76.5 Å². The molecule has 0 N–H and O–H groups in total.